The maximum Gasteiger partial charge on any atom is 0.246 e. The third kappa shape index (κ3) is 2.68. The van der Waals surface area contributed by atoms with Gasteiger partial charge in [0.1, 0.15) is 6.04 Å². The highest BCUT2D eigenvalue weighted by molar-refractivity contribution is 9.10. The lowest BCUT2D eigenvalue weighted by molar-refractivity contribution is -0.117. The van der Waals surface area contributed by atoms with E-state index in [-0.39, 0.29) is 11.9 Å². The molecule has 0 fully saturated rings. The highest BCUT2D eigenvalue weighted by Crippen LogP contribution is 2.38. The molecule has 2 aromatic rings. The molecule has 1 atom stereocenters. The van der Waals surface area contributed by atoms with Crippen molar-refractivity contribution >= 4 is 44.5 Å². The number of likely N-dealkylation sites (N-methyl/N-ethyl adjacent to an activating group) is 1. The van der Waals surface area contributed by atoms with Gasteiger partial charge in [-0.15, -0.1) is 11.3 Å². The number of carbonyl (C=O) groups excluding carboxylic acids is 1. The Labute approximate surface area is 135 Å². The zero-order valence-electron chi connectivity index (χ0n) is 11.7. The van der Waals surface area contributed by atoms with Gasteiger partial charge in [-0.25, -0.2) is 4.98 Å². The number of hydrogen-bond donors (Lipinski definition) is 2. The molecule has 7 heteroatoms. The summed E-state index contributed by atoms with van der Waals surface area (Å²) in [6.07, 6.45) is 0. The highest BCUT2D eigenvalue weighted by Gasteiger charge is 2.30. The average Bonchev–Trinajstić information content (AvgIpc) is 3.04. The predicted octanol–water partition coefficient (Wildman–Crippen LogP) is 2.75. The van der Waals surface area contributed by atoms with Crippen molar-refractivity contribution in [3.05, 3.63) is 38.8 Å². The minimum Gasteiger partial charge on any atom is -0.368 e. The fraction of sp³-hybridized carbons (Fsp3) is 0.286. The number of amides is 1. The second-order valence-electron chi connectivity index (χ2n) is 4.94. The summed E-state index contributed by atoms with van der Waals surface area (Å²) in [6.45, 7) is 0.726. The first kappa shape index (κ1) is 14.5. The van der Waals surface area contributed by atoms with Crippen molar-refractivity contribution in [2.75, 3.05) is 24.3 Å². The van der Waals surface area contributed by atoms with Gasteiger partial charge in [-0.1, -0.05) is 0 Å². The molecule has 0 spiro atoms. The number of aromatic nitrogens is 1. The minimum atomic E-state index is -0.283. The number of nitrogens with zero attached hydrogens (tertiary/aromatic N) is 2. The molecular weight excluding hydrogens is 352 g/mol. The Morgan fingerprint density at radius 2 is 2.33 bits per heavy atom. The van der Waals surface area contributed by atoms with Crippen molar-refractivity contribution in [1.29, 1.82) is 0 Å². The van der Waals surface area contributed by atoms with Gasteiger partial charge in [0, 0.05) is 28.2 Å². The normalized spacial score (nSPS) is 16.7. The second kappa shape index (κ2) is 5.75. The highest BCUT2D eigenvalue weighted by atomic mass is 79.9. The Kier molecular flexibility index (Phi) is 3.97. The van der Waals surface area contributed by atoms with Crippen molar-refractivity contribution in [2.24, 2.45) is 0 Å². The first-order valence-electron chi connectivity index (χ1n) is 6.50. The van der Waals surface area contributed by atoms with Crippen molar-refractivity contribution < 1.29 is 4.79 Å². The van der Waals surface area contributed by atoms with Gasteiger partial charge in [0.25, 0.3) is 0 Å². The van der Waals surface area contributed by atoms with Gasteiger partial charge < -0.3 is 15.5 Å². The van der Waals surface area contributed by atoms with Crippen molar-refractivity contribution in [1.82, 2.24) is 10.3 Å². The van der Waals surface area contributed by atoms with Crippen LogP contribution in [0.2, 0.25) is 0 Å². The minimum absolute atomic E-state index is 0.0151. The molecule has 5 nitrogen and oxygen atoms in total. The first-order chi connectivity index (χ1) is 10.1. The number of thiazole rings is 1. The van der Waals surface area contributed by atoms with Crippen LogP contribution < -0.4 is 15.5 Å². The smallest absolute Gasteiger partial charge is 0.246 e. The number of anilines is 2. The van der Waals surface area contributed by atoms with Crippen LogP contribution in [-0.2, 0) is 11.3 Å². The molecule has 2 N–H and O–H groups in total. The van der Waals surface area contributed by atoms with Gasteiger partial charge in [-0.2, -0.15) is 0 Å². The van der Waals surface area contributed by atoms with Gasteiger partial charge in [-0.05, 0) is 35.1 Å². The topological polar surface area (TPSA) is 57.3 Å². The number of rotatable bonds is 4. The van der Waals surface area contributed by atoms with E-state index in [1.165, 1.54) is 0 Å². The molecule has 1 unspecified atom stereocenters. The summed E-state index contributed by atoms with van der Waals surface area (Å²) in [7, 11) is 3.80. The lowest BCUT2D eigenvalue weighted by Crippen LogP contribution is -2.23. The summed E-state index contributed by atoms with van der Waals surface area (Å²) >= 11 is 5.19. The molecule has 21 heavy (non-hydrogen) atoms. The van der Waals surface area contributed by atoms with Crippen LogP contribution in [0, 0.1) is 0 Å². The Hall–Kier alpha value is -1.44. The van der Waals surface area contributed by atoms with Crippen LogP contribution in [0.4, 0.5) is 11.4 Å². The van der Waals surface area contributed by atoms with Gasteiger partial charge in [0.2, 0.25) is 5.91 Å². The molecule has 1 amide bonds. The molecule has 0 radical (unpaired) electrons. The van der Waals surface area contributed by atoms with E-state index < -0.39 is 0 Å². The standard InChI is InChI=1S/C14H15BrN4OS/c1-16-13-9-3-10(15)12(4-11(9)18-14(13)20)19(2)5-8-6-21-7-17-8/h3-4,6-7,13,16H,5H2,1-2H3,(H,18,20). The van der Waals surface area contributed by atoms with Crippen LogP contribution in [0.15, 0.2) is 27.5 Å². The lowest BCUT2D eigenvalue weighted by atomic mass is 10.1. The van der Waals surface area contributed by atoms with Gasteiger partial charge >= 0.3 is 0 Å². The molecule has 110 valence electrons. The molecule has 0 bridgehead atoms. The van der Waals surface area contributed by atoms with Crippen LogP contribution >= 0.6 is 27.3 Å². The summed E-state index contributed by atoms with van der Waals surface area (Å²) in [4.78, 5) is 18.3. The van der Waals surface area contributed by atoms with Crippen molar-refractivity contribution in [3.63, 3.8) is 0 Å². The SMILES string of the molecule is CNC1C(=O)Nc2cc(N(C)Cc3cscn3)c(Br)cc21. The molecule has 0 aliphatic carbocycles. The zero-order chi connectivity index (χ0) is 15.0. The van der Waals surface area contributed by atoms with Crippen molar-refractivity contribution in [2.45, 2.75) is 12.6 Å². The largest absolute Gasteiger partial charge is 0.368 e. The molecule has 0 saturated carbocycles. The van der Waals surface area contributed by atoms with E-state index in [1.54, 1.807) is 18.4 Å². The fourth-order valence-electron chi connectivity index (χ4n) is 2.49. The van der Waals surface area contributed by atoms with E-state index in [1.807, 2.05) is 30.1 Å². The Morgan fingerprint density at radius 1 is 1.52 bits per heavy atom. The van der Waals surface area contributed by atoms with E-state index in [2.05, 4.69) is 36.4 Å². The Balaban J connectivity index is 1.91. The summed E-state index contributed by atoms with van der Waals surface area (Å²) in [5.41, 5.74) is 5.73. The average molecular weight is 367 g/mol. The summed E-state index contributed by atoms with van der Waals surface area (Å²) in [5.74, 6) is -0.0151. The molecular formula is C14H15BrN4OS. The lowest BCUT2D eigenvalue weighted by Gasteiger charge is -2.21. The first-order valence-corrected chi connectivity index (χ1v) is 8.23. The molecule has 3 rings (SSSR count). The number of hydrogen-bond acceptors (Lipinski definition) is 5. The molecule has 0 saturated heterocycles. The number of nitrogens with one attached hydrogen (secondary N) is 2. The van der Waals surface area contributed by atoms with E-state index >= 15 is 0 Å². The maximum absolute atomic E-state index is 11.9. The van der Waals surface area contributed by atoms with Crippen LogP contribution in [0.3, 0.4) is 0 Å². The molecule has 1 aromatic heterocycles. The third-order valence-electron chi connectivity index (χ3n) is 3.53. The maximum atomic E-state index is 11.9. The third-order valence-corrected chi connectivity index (χ3v) is 4.80. The van der Waals surface area contributed by atoms with Crippen molar-refractivity contribution in [3.8, 4) is 0 Å². The molecule has 1 aliphatic rings. The van der Waals surface area contributed by atoms with Gasteiger partial charge in [0.05, 0.1) is 23.4 Å². The van der Waals surface area contributed by atoms with E-state index in [9.17, 15) is 4.79 Å². The van der Waals surface area contributed by atoms with Crippen LogP contribution in [0.25, 0.3) is 0 Å². The quantitative estimate of drug-likeness (QED) is 0.873. The summed E-state index contributed by atoms with van der Waals surface area (Å²) in [6, 6.07) is 3.72. The fourth-order valence-corrected chi connectivity index (χ4v) is 3.71. The number of fused-ring (bicyclic) bond motifs is 1. The van der Waals surface area contributed by atoms with Crippen LogP contribution in [0.5, 0.6) is 0 Å². The Morgan fingerprint density at radius 3 is 3.00 bits per heavy atom. The van der Waals surface area contributed by atoms with Crippen LogP contribution in [0.1, 0.15) is 17.3 Å². The van der Waals surface area contributed by atoms with E-state index in [4.69, 9.17) is 0 Å². The van der Waals surface area contributed by atoms with Gasteiger partial charge in [0.15, 0.2) is 0 Å². The Bertz CT molecular complexity index is 674. The number of benzene rings is 1. The molecule has 2 heterocycles. The summed E-state index contributed by atoms with van der Waals surface area (Å²) < 4.78 is 0.968. The van der Waals surface area contributed by atoms with Crippen LogP contribution in [-0.4, -0.2) is 25.0 Å². The number of carbonyl (C=O) groups is 1. The van der Waals surface area contributed by atoms with E-state index in [0.717, 1.165) is 33.6 Å². The summed E-state index contributed by atoms with van der Waals surface area (Å²) in [5, 5.41) is 7.98. The van der Waals surface area contributed by atoms with Gasteiger partial charge in [-0.3, -0.25) is 4.79 Å². The molecule has 1 aromatic carbocycles. The zero-order valence-corrected chi connectivity index (χ0v) is 14.1. The molecule has 1 aliphatic heterocycles. The second-order valence-corrected chi connectivity index (χ2v) is 6.51. The van der Waals surface area contributed by atoms with E-state index in [0.29, 0.717) is 0 Å². The number of halogens is 1. The monoisotopic (exact) mass is 366 g/mol. The predicted molar refractivity (Wildman–Crippen MR) is 88.8 cm³/mol.